The second kappa shape index (κ2) is 4.75. The second-order valence-corrected chi connectivity index (χ2v) is 4.13. The number of methoxy groups -OCH3 is 1. The molecule has 1 aromatic carbocycles. The van der Waals surface area contributed by atoms with Crippen molar-refractivity contribution in [3.05, 3.63) is 28.0 Å². The molecule has 4 heteroatoms. The van der Waals surface area contributed by atoms with Gasteiger partial charge in [-0.3, -0.25) is 0 Å². The molecule has 0 aliphatic heterocycles. The summed E-state index contributed by atoms with van der Waals surface area (Å²) in [5.41, 5.74) is 6.49. The number of ether oxygens (including phenoxy) is 1. The summed E-state index contributed by atoms with van der Waals surface area (Å²) in [5, 5.41) is 0. The summed E-state index contributed by atoms with van der Waals surface area (Å²) in [5.74, 6) is -0.129. The first-order valence-corrected chi connectivity index (χ1v) is 5.11. The molecule has 0 spiro atoms. The molecule has 78 valence electrons. The van der Waals surface area contributed by atoms with Gasteiger partial charge >= 0.3 is 0 Å². The van der Waals surface area contributed by atoms with Crippen molar-refractivity contribution in [2.45, 2.75) is 19.4 Å². The van der Waals surface area contributed by atoms with Gasteiger partial charge in [0.25, 0.3) is 0 Å². The summed E-state index contributed by atoms with van der Waals surface area (Å²) in [6.45, 7) is 1.88. The van der Waals surface area contributed by atoms with Crippen molar-refractivity contribution in [2.24, 2.45) is 5.73 Å². The van der Waals surface area contributed by atoms with Crippen LogP contribution in [-0.2, 0) is 6.42 Å². The van der Waals surface area contributed by atoms with E-state index >= 15 is 0 Å². The maximum absolute atomic E-state index is 13.4. The van der Waals surface area contributed by atoms with Crippen LogP contribution in [0.2, 0.25) is 0 Å². The van der Waals surface area contributed by atoms with Crippen molar-refractivity contribution in [3.8, 4) is 5.75 Å². The van der Waals surface area contributed by atoms with E-state index < -0.39 is 0 Å². The van der Waals surface area contributed by atoms with Crippen molar-refractivity contribution < 1.29 is 9.13 Å². The molecule has 0 radical (unpaired) electrons. The molecule has 1 aromatic rings. The van der Waals surface area contributed by atoms with Crippen molar-refractivity contribution >= 4 is 15.9 Å². The molecule has 0 bridgehead atoms. The van der Waals surface area contributed by atoms with E-state index in [0.29, 0.717) is 10.9 Å². The topological polar surface area (TPSA) is 35.2 Å². The molecule has 0 amide bonds. The van der Waals surface area contributed by atoms with Crippen molar-refractivity contribution in [3.63, 3.8) is 0 Å². The van der Waals surface area contributed by atoms with E-state index in [1.807, 2.05) is 13.0 Å². The van der Waals surface area contributed by atoms with Crippen molar-refractivity contribution in [2.75, 3.05) is 7.11 Å². The second-order valence-electron chi connectivity index (χ2n) is 3.27. The van der Waals surface area contributed by atoms with E-state index in [1.54, 1.807) is 0 Å². The molecule has 0 saturated carbocycles. The van der Waals surface area contributed by atoms with Gasteiger partial charge in [0.2, 0.25) is 0 Å². The zero-order chi connectivity index (χ0) is 10.7. The number of halogens is 2. The Morgan fingerprint density at radius 2 is 2.21 bits per heavy atom. The maximum atomic E-state index is 13.4. The monoisotopic (exact) mass is 261 g/mol. The van der Waals surface area contributed by atoms with Crippen LogP contribution in [0, 0.1) is 5.82 Å². The zero-order valence-corrected chi connectivity index (χ0v) is 9.77. The Kier molecular flexibility index (Phi) is 3.89. The van der Waals surface area contributed by atoms with Gasteiger partial charge < -0.3 is 10.5 Å². The molecule has 2 nitrogen and oxygen atoms in total. The molecule has 0 heterocycles. The molecule has 2 N–H and O–H groups in total. The van der Waals surface area contributed by atoms with Crippen LogP contribution in [0.5, 0.6) is 5.75 Å². The van der Waals surface area contributed by atoms with Crippen LogP contribution in [0.3, 0.4) is 0 Å². The summed E-state index contributed by atoms with van der Waals surface area (Å²) in [6.07, 6.45) is 0.652. The van der Waals surface area contributed by atoms with Crippen LogP contribution in [0.1, 0.15) is 12.5 Å². The van der Waals surface area contributed by atoms with Gasteiger partial charge in [-0.25, -0.2) is 4.39 Å². The molecule has 0 aliphatic rings. The van der Waals surface area contributed by atoms with E-state index in [4.69, 9.17) is 10.5 Å². The highest BCUT2D eigenvalue weighted by Crippen LogP contribution is 2.29. The standard InChI is InChI=1S/C10H13BrFNO/c1-6(13)3-7-4-8(11)10(14-2)9(12)5-7/h4-6H,3,13H2,1-2H3. The fourth-order valence-electron chi connectivity index (χ4n) is 1.30. The third-order valence-electron chi connectivity index (χ3n) is 1.82. The highest BCUT2D eigenvalue weighted by atomic mass is 79.9. The van der Waals surface area contributed by atoms with Gasteiger partial charge in [0.05, 0.1) is 11.6 Å². The summed E-state index contributed by atoms with van der Waals surface area (Å²) >= 11 is 3.24. The maximum Gasteiger partial charge on any atom is 0.168 e. The first kappa shape index (κ1) is 11.5. The van der Waals surface area contributed by atoms with Gasteiger partial charge in [0.1, 0.15) is 0 Å². The number of nitrogens with two attached hydrogens (primary N) is 1. The summed E-state index contributed by atoms with van der Waals surface area (Å²) in [6, 6.07) is 3.30. The highest BCUT2D eigenvalue weighted by Gasteiger charge is 2.10. The molecule has 1 unspecified atom stereocenters. The largest absolute Gasteiger partial charge is 0.492 e. The lowest BCUT2D eigenvalue weighted by molar-refractivity contribution is 0.383. The lowest BCUT2D eigenvalue weighted by Crippen LogP contribution is -2.17. The van der Waals surface area contributed by atoms with Crippen molar-refractivity contribution in [1.82, 2.24) is 0 Å². The van der Waals surface area contributed by atoms with E-state index in [0.717, 1.165) is 5.56 Å². The van der Waals surface area contributed by atoms with Crippen LogP contribution < -0.4 is 10.5 Å². The Bertz CT molecular complexity index is 305. The van der Waals surface area contributed by atoms with Gasteiger partial charge in [-0.05, 0) is 47.0 Å². The normalized spacial score (nSPS) is 12.6. The quantitative estimate of drug-likeness (QED) is 0.908. The molecule has 1 rings (SSSR count). The third kappa shape index (κ3) is 2.69. The van der Waals surface area contributed by atoms with Gasteiger partial charge in [0.15, 0.2) is 11.6 Å². The Labute approximate surface area is 91.4 Å². The number of hydrogen-bond donors (Lipinski definition) is 1. The van der Waals surface area contributed by atoms with E-state index in [9.17, 15) is 4.39 Å². The van der Waals surface area contributed by atoms with Crippen LogP contribution in [0.4, 0.5) is 4.39 Å². The van der Waals surface area contributed by atoms with Crippen LogP contribution in [0.15, 0.2) is 16.6 Å². The first-order chi connectivity index (χ1) is 6.54. The Hall–Kier alpha value is -0.610. The van der Waals surface area contributed by atoms with Crippen LogP contribution in [0.25, 0.3) is 0 Å². The fourth-order valence-corrected chi connectivity index (χ4v) is 1.94. The lowest BCUT2D eigenvalue weighted by Gasteiger charge is -2.09. The van der Waals surface area contributed by atoms with E-state index in [-0.39, 0.29) is 17.6 Å². The fraction of sp³-hybridized carbons (Fsp3) is 0.400. The molecular formula is C10H13BrFNO. The molecule has 14 heavy (non-hydrogen) atoms. The Morgan fingerprint density at radius 3 is 2.64 bits per heavy atom. The third-order valence-corrected chi connectivity index (χ3v) is 2.41. The highest BCUT2D eigenvalue weighted by molar-refractivity contribution is 9.10. The molecule has 0 aliphatic carbocycles. The summed E-state index contributed by atoms with van der Waals surface area (Å²) in [4.78, 5) is 0. The number of hydrogen-bond acceptors (Lipinski definition) is 2. The predicted molar refractivity (Wildman–Crippen MR) is 58.0 cm³/mol. The lowest BCUT2D eigenvalue weighted by atomic mass is 10.1. The predicted octanol–water partition coefficient (Wildman–Crippen LogP) is 2.49. The first-order valence-electron chi connectivity index (χ1n) is 4.32. The number of benzene rings is 1. The van der Waals surface area contributed by atoms with Gasteiger partial charge in [0, 0.05) is 6.04 Å². The summed E-state index contributed by atoms with van der Waals surface area (Å²) in [7, 11) is 1.44. The molecule has 0 fully saturated rings. The van der Waals surface area contributed by atoms with Gasteiger partial charge in [-0.1, -0.05) is 0 Å². The van der Waals surface area contributed by atoms with Crippen LogP contribution in [-0.4, -0.2) is 13.2 Å². The Morgan fingerprint density at radius 1 is 1.57 bits per heavy atom. The Balaban J connectivity index is 3.01. The molecule has 1 atom stereocenters. The van der Waals surface area contributed by atoms with Crippen LogP contribution >= 0.6 is 15.9 Å². The minimum Gasteiger partial charge on any atom is -0.492 e. The van der Waals surface area contributed by atoms with Gasteiger partial charge in [-0.15, -0.1) is 0 Å². The molecule has 0 aromatic heterocycles. The SMILES string of the molecule is COc1c(F)cc(CC(C)N)cc1Br. The van der Waals surface area contributed by atoms with Gasteiger partial charge in [-0.2, -0.15) is 0 Å². The minimum absolute atomic E-state index is 0.0229. The minimum atomic E-state index is -0.363. The molecule has 0 saturated heterocycles. The smallest absolute Gasteiger partial charge is 0.168 e. The molecular weight excluding hydrogens is 249 g/mol. The average molecular weight is 262 g/mol. The number of rotatable bonds is 3. The van der Waals surface area contributed by atoms with E-state index in [2.05, 4.69) is 15.9 Å². The average Bonchev–Trinajstić information content (AvgIpc) is 2.01. The summed E-state index contributed by atoms with van der Waals surface area (Å²) < 4.78 is 18.9. The zero-order valence-electron chi connectivity index (χ0n) is 8.18. The van der Waals surface area contributed by atoms with E-state index in [1.165, 1.54) is 13.2 Å². The van der Waals surface area contributed by atoms with Crippen molar-refractivity contribution in [1.29, 1.82) is 0 Å².